The number of unbranched alkanes of at least 4 members (excludes halogenated alkanes) is 1. The van der Waals surface area contributed by atoms with Crippen LogP contribution >= 0.6 is 0 Å². The maximum atomic E-state index is 12.8. The average Bonchev–Trinajstić information content (AvgIpc) is 2.71. The Balaban J connectivity index is 1.87. The lowest BCUT2D eigenvalue weighted by molar-refractivity contribution is -0.128. The molecule has 2 aromatic rings. The molecule has 5 heteroatoms. The van der Waals surface area contributed by atoms with Crippen molar-refractivity contribution < 1.29 is 19.0 Å². The summed E-state index contributed by atoms with van der Waals surface area (Å²) in [4.78, 5) is 12.8. The molecule has 1 unspecified atom stereocenters. The summed E-state index contributed by atoms with van der Waals surface area (Å²) in [6.45, 7) is 3.07. The number of rotatable bonds is 4. The SMILES string of the molecule is CCCCC1OCCCc2cc(cc(OC)c2)COc2ccccc2NC1=O. The molecule has 0 spiro atoms. The summed E-state index contributed by atoms with van der Waals surface area (Å²) in [7, 11) is 1.67. The number of anilines is 1. The Hall–Kier alpha value is -2.53. The summed E-state index contributed by atoms with van der Waals surface area (Å²) in [5, 5.41) is 2.99. The zero-order valence-corrected chi connectivity index (χ0v) is 16.7. The number of methoxy groups -OCH3 is 1. The van der Waals surface area contributed by atoms with Crippen LogP contribution in [0.15, 0.2) is 42.5 Å². The Kier molecular flexibility index (Phi) is 7.31. The summed E-state index contributed by atoms with van der Waals surface area (Å²) in [5.41, 5.74) is 2.88. The third-order valence-electron chi connectivity index (χ3n) is 4.84. The summed E-state index contributed by atoms with van der Waals surface area (Å²) in [5.74, 6) is 1.36. The van der Waals surface area contributed by atoms with E-state index in [1.165, 1.54) is 5.56 Å². The van der Waals surface area contributed by atoms with Gasteiger partial charge in [-0.05, 0) is 54.7 Å². The fourth-order valence-corrected chi connectivity index (χ4v) is 3.33. The number of fused-ring (bicyclic) bond motifs is 3. The van der Waals surface area contributed by atoms with Crippen LogP contribution in [0.25, 0.3) is 0 Å². The molecule has 0 aromatic heterocycles. The van der Waals surface area contributed by atoms with E-state index in [0.29, 0.717) is 31.1 Å². The lowest BCUT2D eigenvalue weighted by Gasteiger charge is -2.20. The van der Waals surface area contributed by atoms with Gasteiger partial charge in [-0.15, -0.1) is 0 Å². The van der Waals surface area contributed by atoms with E-state index in [0.717, 1.165) is 37.0 Å². The Morgan fingerprint density at radius 2 is 2.00 bits per heavy atom. The molecule has 1 aliphatic heterocycles. The number of carbonyl (C=O) groups excluding carboxylic acids is 1. The van der Waals surface area contributed by atoms with Crippen molar-refractivity contribution in [3.63, 3.8) is 0 Å². The molecular weight excluding hydrogens is 354 g/mol. The van der Waals surface area contributed by atoms with Gasteiger partial charge in [-0.1, -0.05) is 38.0 Å². The molecule has 1 atom stereocenters. The maximum absolute atomic E-state index is 12.8. The normalized spacial score (nSPS) is 17.6. The molecule has 1 N–H and O–H groups in total. The maximum Gasteiger partial charge on any atom is 0.253 e. The van der Waals surface area contributed by atoms with Crippen molar-refractivity contribution in [2.45, 2.75) is 51.7 Å². The van der Waals surface area contributed by atoms with E-state index in [-0.39, 0.29) is 5.91 Å². The molecule has 3 rings (SSSR count). The highest BCUT2D eigenvalue weighted by Crippen LogP contribution is 2.27. The van der Waals surface area contributed by atoms with Gasteiger partial charge in [0.1, 0.15) is 24.2 Å². The van der Waals surface area contributed by atoms with Crippen LogP contribution < -0.4 is 14.8 Å². The van der Waals surface area contributed by atoms with Gasteiger partial charge in [-0.3, -0.25) is 4.79 Å². The number of hydrogen-bond donors (Lipinski definition) is 1. The predicted molar refractivity (Wildman–Crippen MR) is 110 cm³/mol. The van der Waals surface area contributed by atoms with Gasteiger partial charge in [0.05, 0.1) is 12.8 Å². The van der Waals surface area contributed by atoms with E-state index in [9.17, 15) is 4.79 Å². The van der Waals surface area contributed by atoms with Crippen LogP contribution in [0.2, 0.25) is 0 Å². The Morgan fingerprint density at radius 3 is 2.82 bits per heavy atom. The van der Waals surface area contributed by atoms with Gasteiger partial charge in [0.2, 0.25) is 0 Å². The number of benzene rings is 2. The van der Waals surface area contributed by atoms with Crippen LogP contribution in [0.5, 0.6) is 11.5 Å². The number of amides is 1. The first-order valence-corrected chi connectivity index (χ1v) is 10.0. The van der Waals surface area contributed by atoms with Crippen LogP contribution in [-0.2, 0) is 22.6 Å². The first-order chi connectivity index (χ1) is 13.7. The Bertz CT molecular complexity index is 790. The molecule has 150 valence electrons. The van der Waals surface area contributed by atoms with Crippen molar-refractivity contribution in [2.24, 2.45) is 0 Å². The van der Waals surface area contributed by atoms with Crippen molar-refractivity contribution in [3.8, 4) is 11.5 Å². The molecule has 0 saturated heterocycles. The van der Waals surface area contributed by atoms with E-state index in [1.54, 1.807) is 7.11 Å². The number of para-hydroxylation sites is 2. The molecule has 1 heterocycles. The van der Waals surface area contributed by atoms with Crippen LogP contribution in [0.1, 0.15) is 43.7 Å². The molecule has 1 aliphatic rings. The van der Waals surface area contributed by atoms with E-state index in [4.69, 9.17) is 14.2 Å². The van der Waals surface area contributed by atoms with Crippen molar-refractivity contribution in [2.75, 3.05) is 19.0 Å². The largest absolute Gasteiger partial charge is 0.497 e. The van der Waals surface area contributed by atoms with Gasteiger partial charge in [0, 0.05) is 6.61 Å². The molecule has 28 heavy (non-hydrogen) atoms. The molecule has 0 fully saturated rings. The molecule has 5 nitrogen and oxygen atoms in total. The fourth-order valence-electron chi connectivity index (χ4n) is 3.33. The summed E-state index contributed by atoms with van der Waals surface area (Å²) in [6.07, 6.45) is 3.96. The summed E-state index contributed by atoms with van der Waals surface area (Å²) >= 11 is 0. The summed E-state index contributed by atoms with van der Waals surface area (Å²) in [6, 6.07) is 13.7. The fraction of sp³-hybridized carbons (Fsp3) is 0.435. The summed E-state index contributed by atoms with van der Waals surface area (Å²) < 4.78 is 17.4. The van der Waals surface area contributed by atoms with E-state index >= 15 is 0 Å². The van der Waals surface area contributed by atoms with E-state index < -0.39 is 6.10 Å². The number of hydrogen-bond acceptors (Lipinski definition) is 4. The number of carbonyl (C=O) groups is 1. The number of ether oxygens (including phenoxy) is 3. The quantitative estimate of drug-likeness (QED) is 0.829. The third-order valence-corrected chi connectivity index (χ3v) is 4.84. The molecule has 0 saturated carbocycles. The predicted octanol–water partition coefficient (Wildman–Crippen LogP) is 4.73. The highest BCUT2D eigenvalue weighted by atomic mass is 16.5. The zero-order chi connectivity index (χ0) is 19.8. The molecule has 0 radical (unpaired) electrons. The van der Waals surface area contributed by atoms with Crippen molar-refractivity contribution in [1.29, 1.82) is 0 Å². The van der Waals surface area contributed by atoms with Gasteiger partial charge >= 0.3 is 0 Å². The second-order valence-electron chi connectivity index (χ2n) is 7.07. The van der Waals surface area contributed by atoms with Crippen molar-refractivity contribution >= 4 is 11.6 Å². The monoisotopic (exact) mass is 383 g/mol. The minimum absolute atomic E-state index is 0.109. The standard InChI is InChI=1S/C23H29NO4/c1-3-4-10-22-23(25)24-20-9-5-6-11-21(20)28-16-18-13-17(8-7-12-27-22)14-19(15-18)26-2/h5-6,9,11,13-15,22H,3-4,7-8,10,12,16H2,1-2H3,(H,24,25). The van der Waals surface area contributed by atoms with Gasteiger partial charge in [0.25, 0.3) is 5.91 Å². The molecule has 2 aromatic carbocycles. The van der Waals surface area contributed by atoms with Crippen molar-refractivity contribution in [1.82, 2.24) is 0 Å². The topological polar surface area (TPSA) is 56.8 Å². The van der Waals surface area contributed by atoms with Gasteiger partial charge in [0.15, 0.2) is 0 Å². The first kappa shape index (κ1) is 20.2. The minimum atomic E-state index is -0.447. The number of aryl methyl sites for hydroxylation is 1. The first-order valence-electron chi connectivity index (χ1n) is 10.0. The highest BCUT2D eigenvalue weighted by Gasteiger charge is 2.20. The lowest BCUT2D eigenvalue weighted by Crippen LogP contribution is -2.31. The average molecular weight is 383 g/mol. The van der Waals surface area contributed by atoms with Crippen LogP contribution in [0.4, 0.5) is 5.69 Å². The van der Waals surface area contributed by atoms with Gasteiger partial charge in [-0.25, -0.2) is 0 Å². The van der Waals surface area contributed by atoms with E-state index in [2.05, 4.69) is 18.3 Å². The lowest BCUT2D eigenvalue weighted by atomic mass is 10.1. The van der Waals surface area contributed by atoms with Crippen LogP contribution in [0.3, 0.4) is 0 Å². The molecule has 2 bridgehead atoms. The molecule has 1 amide bonds. The smallest absolute Gasteiger partial charge is 0.253 e. The highest BCUT2D eigenvalue weighted by molar-refractivity contribution is 5.95. The molecule has 0 aliphatic carbocycles. The second-order valence-corrected chi connectivity index (χ2v) is 7.07. The van der Waals surface area contributed by atoms with Crippen LogP contribution in [-0.4, -0.2) is 25.7 Å². The van der Waals surface area contributed by atoms with Gasteiger partial charge < -0.3 is 19.5 Å². The van der Waals surface area contributed by atoms with Crippen LogP contribution in [0, 0.1) is 0 Å². The zero-order valence-electron chi connectivity index (χ0n) is 16.7. The number of nitrogens with one attached hydrogen (secondary N) is 1. The van der Waals surface area contributed by atoms with E-state index in [1.807, 2.05) is 36.4 Å². The molecular formula is C23H29NO4. The van der Waals surface area contributed by atoms with Crippen molar-refractivity contribution in [3.05, 3.63) is 53.6 Å². The Labute approximate surface area is 167 Å². The Morgan fingerprint density at radius 1 is 1.18 bits per heavy atom. The third kappa shape index (κ3) is 5.49. The minimum Gasteiger partial charge on any atom is -0.497 e. The second kappa shape index (κ2) is 10.1. The van der Waals surface area contributed by atoms with Gasteiger partial charge in [-0.2, -0.15) is 0 Å².